The second-order valence-corrected chi connectivity index (χ2v) is 8.23. The molecule has 0 aliphatic heterocycles. The predicted molar refractivity (Wildman–Crippen MR) is 97.6 cm³/mol. The maximum Gasteiger partial charge on any atom is 0.435 e. The maximum atomic E-state index is 13.5. The smallest absolute Gasteiger partial charge is 0.435 e. The number of aliphatic hydroxyl groups excluding tert-OH is 1. The van der Waals surface area contributed by atoms with Crippen molar-refractivity contribution in [3.63, 3.8) is 0 Å². The van der Waals surface area contributed by atoms with Crippen molar-refractivity contribution < 1.29 is 41.0 Å². The first kappa shape index (κ1) is 23.5. The summed E-state index contributed by atoms with van der Waals surface area (Å²) in [5.41, 5.74) is -4.95. The predicted octanol–water partition coefficient (Wildman–Crippen LogP) is 4.75. The van der Waals surface area contributed by atoms with Crippen LogP contribution in [0.25, 0.3) is 0 Å². The molecule has 0 radical (unpaired) electrons. The van der Waals surface area contributed by atoms with Crippen molar-refractivity contribution in [2.24, 2.45) is 5.41 Å². The minimum Gasteiger partial charge on any atom is -0.511 e. The quantitative estimate of drug-likeness (QED) is 0.404. The van der Waals surface area contributed by atoms with E-state index >= 15 is 0 Å². The van der Waals surface area contributed by atoms with E-state index in [-0.39, 0.29) is 18.4 Å². The van der Waals surface area contributed by atoms with Gasteiger partial charge in [-0.1, -0.05) is 19.9 Å². The molecule has 3 rings (SSSR count). The molecule has 0 spiro atoms. The Labute approximate surface area is 177 Å². The van der Waals surface area contributed by atoms with Gasteiger partial charge in [0.15, 0.2) is 11.5 Å². The standard InChI is InChI=1S/C20H17F6N3O3/c1-18(2)5-12(30)15(13(31)6-18)16(32)11-9-29(28-17(11)20(24,25)26)8-10-3-4-14(27-7-10)19(21,22)23/h3-4,7,9,30H,5-6,8H2,1-2H3. The summed E-state index contributed by atoms with van der Waals surface area (Å²) in [7, 11) is 0. The van der Waals surface area contributed by atoms with Crippen molar-refractivity contribution in [3.8, 4) is 0 Å². The van der Waals surface area contributed by atoms with Crippen LogP contribution in [0.15, 0.2) is 35.9 Å². The van der Waals surface area contributed by atoms with Gasteiger partial charge in [0.1, 0.15) is 17.0 Å². The zero-order valence-corrected chi connectivity index (χ0v) is 16.8. The molecule has 0 unspecified atom stereocenters. The van der Waals surface area contributed by atoms with E-state index in [1.165, 1.54) is 0 Å². The average Bonchev–Trinajstić information content (AvgIpc) is 3.04. The number of nitrogens with zero attached hydrogens (tertiary/aromatic N) is 3. The highest BCUT2D eigenvalue weighted by Crippen LogP contribution is 2.38. The number of halogens is 6. The van der Waals surface area contributed by atoms with Crippen molar-refractivity contribution in [2.75, 3.05) is 0 Å². The zero-order valence-electron chi connectivity index (χ0n) is 16.8. The molecule has 12 heteroatoms. The van der Waals surface area contributed by atoms with E-state index in [1.807, 2.05) is 0 Å². The fourth-order valence-corrected chi connectivity index (χ4v) is 3.43. The zero-order chi connectivity index (χ0) is 24.1. The second-order valence-electron chi connectivity index (χ2n) is 8.23. The van der Waals surface area contributed by atoms with Crippen molar-refractivity contribution in [3.05, 3.63) is 58.4 Å². The second kappa shape index (κ2) is 7.75. The van der Waals surface area contributed by atoms with Crippen LogP contribution < -0.4 is 0 Å². The van der Waals surface area contributed by atoms with Crippen LogP contribution in [0.3, 0.4) is 0 Å². The van der Waals surface area contributed by atoms with Gasteiger partial charge >= 0.3 is 12.4 Å². The highest BCUT2D eigenvalue weighted by atomic mass is 19.4. The Hall–Kier alpha value is -3.18. The molecule has 0 saturated carbocycles. The molecule has 2 heterocycles. The molecule has 0 fully saturated rings. The van der Waals surface area contributed by atoms with Gasteiger partial charge in [-0.25, -0.2) is 0 Å². The van der Waals surface area contributed by atoms with Crippen LogP contribution in [-0.4, -0.2) is 31.4 Å². The van der Waals surface area contributed by atoms with E-state index in [9.17, 15) is 41.0 Å². The highest BCUT2D eigenvalue weighted by molar-refractivity contribution is 6.27. The molecule has 1 aliphatic rings. The van der Waals surface area contributed by atoms with Crippen molar-refractivity contribution in [1.29, 1.82) is 0 Å². The third-order valence-corrected chi connectivity index (χ3v) is 4.81. The van der Waals surface area contributed by atoms with Gasteiger partial charge < -0.3 is 5.11 Å². The number of Topliss-reactive ketones (excluding diaryl/α,β-unsaturated/α-hetero) is 2. The Balaban J connectivity index is 1.97. The number of hydrogen-bond acceptors (Lipinski definition) is 5. The molecule has 1 aliphatic carbocycles. The van der Waals surface area contributed by atoms with Crippen LogP contribution in [0.5, 0.6) is 0 Å². The van der Waals surface area contributed by atoms with Crippen LogP contribution >= 0.6 is 0 Å². The number of carbonyl (C=O) groups excluding carboxylic acids is 2. The summed E-state index contributed by atoms with van der Waals surface area (Å²) in [6.07, 6.45) is -8.35. The number of allylic oxidation sites excluding steroid dienone is 2. The van der Waals surface area contributed by atoms with Crippen LogP contribution in [0.4, 0.5) is 26.3 Å². The van der Waals surface area contributed by atoms with Crippen molar-refractivity contribution >= 4 is 11.6 Å². The van der Waals surface area contributed by atoms with Gasteiger partial charge in [-0.3, -0.25) is 19.3 Å². The summed E-state index contributed by atoms with van der Waals surface area (Å²) in [6, 6.07) is 1.69. The molecule has 2 aromatic heterocycles. The first-order chi connectivity index (χ1) is 14.6. The van der Waals surface area contributed by atoms with E-state index < -0.39 is 64.2 Å². The Morgan fingerprint density at radius 2 is 1.78 bits per heavy atom. The molecule has 0 bridgehead atoms. The van der Waals surface area contributed by atoms with E-state index in [4.69, 9.17) is 0 Å². The molecule has 2 aromatic rings. The molecule has 0 saturated heterocycles. The number of carbonyl (C=O) groups is 2. The molecule has 6 nitrogen and oxygen atoms in total. The lowest BCUT2D eigenvalue weighted by atomic mass is 9.75. The molecule has 0 aromatic carbocycles. The third-order valence-electron chi connectivity index (χ3n) is 4.81. The van der Waals surface area contributed by atoms with Gasteiger partial charge in [0, 0.05) is 25.2 Å². The summed E-state index contributed by atoms with van der Waals surface area (Å²) >= 11 is 0. The molecule has 1 N–H and O–H groups in total. The minimum absolute atomic E-state index is 0.0630. The lowest BCUT2D eigenvalue weighted by molar-refractivity contribution is -0.142. The normalized spacial score (nSPS) is 17.1. The summed E-state index contributed by atoms with van der Waals surface area (Å²) in [6.45, 7) is 2.92. The number of aliphatic hydroxyl groups is 1. The minimum atomic E-state index is -5.05. The van der Waals surface area contributed by atoms with E-state index in [2.05, 4.69) is 10.1 Å². The monoisotopic (exact) mass is 461 g/mol. The Kier molecular flexibility index (Phi) is 5.69. The molecule has 172 valence electrons. The van der Waals surface area contributed by atoms with Gasteiger partial charge in [0.2, 0.25) is 5.78 Å². The Morgan fingerprint density at radius 3 is 2.28 bits per heavy atom. The van der Waals surface area contributed by atoms with Crippen LogP contribution in [0.1, 0.15) is 54.0 Å². The number of alkyl halides is 6. The number of pyridine rings is 1. The van der Waals surface area contributed by atoms with Crippen LogP contribution in [0, 0.1) is 5.41 Å². The average molecular weight is 461 g/mol. The van der Waals surface area contributed by atoms with Gasteiger partial charge in [0.25, 0.3) is 0 Å². The Morgan fingerprint density at radius 1 is 1.12 bits per heavy atom. The third kappa shape index (κ3) is 4.83. The molecule has 0 amide bonds. The lowest BCUT2D eigenvalue weighted by Crippen LogP contribution is -2.29. The number of ketones is 2. The lowest BCUT2D eigenvalue weighted by Gasteiger charge is -2.29. The molecule has 32 heavy (non-hydrogen) atoms. The summed E-state index contributed by atoms with van der Waals surface area (Å²) in [4.78, 5) is 28.4. The fourth-order valence-electron chi connectivity index (χ4n) is 3.43. The highest BCUT2D eigenvalue weighted by Gasteiger charge is 2.43. The van der Waals surface area contributed by atoms with E-state index in [0.29, 0.717) is 6.07 Å². The van der Waals surface area contributed by atoms with E-state index in [1.54, 1.807) is 13.8 Å². The van der Waals surface area contributed by atoms with Crippen molar-refractivity contribution in [1.82, 2.24) is 14.8 Å². The largest absolute Gasteiger partial charge is 0.511 e. The van der Waals surface area contributed by atoms with Gasteiger partial charge in [-0.05, 0) is 17.0 Å². The van der Waals surface area contributed by atoms with Gasteiger partial charge in [-0.2, -0.15) is 31.4 Å². The van der Waals surface area contributed by atoms with Gasteiger partial charge in [-0.15, -0.1) is 0 Å². The molecular formula is C20H17F6N3O3. The van der Waals surface area contributed by atoms with Gasteiger partial charge in [0.05, 0.1) is 12.1 Å². The summed E-state index contributed by atoms with van der Waals surface area (Å²) in [5, 5.41) is 13.5. The summed E-state index contributed by atoms with van der Waals surface area (Å²) in [5.74, 6) is -2.69. The van der Waals surface area contributed by atoms with E-state index in [0.717, 1.165) is 23.1 Å². The number of rotatable bonds is 4. The van der Waals surface area contributed by atoms with Crippen LogP contribution in [0.2, 0.25) is 0 Å². The first-order valence-electron chi connectivity index (χ1n) is 9.25. The number of aromatic nitrogens is 3. The topological polar surface area (TPSA) is 85.1 Å². The Bertz CT molecular complexity index is 1100. The SMILES string of the molecule is CC1(C)CC(=O)C(C(=O)c2cn(Cc3ccc(C(F)(F)F)nc3)nc2C(F)(F)F)=C(O)C1. The molecular weight excluding hydrogens is 444 g/mol. The fraction of sp³-hybridized carbons (Fsp3) is 0.400. The van der Waals surface area contributed by atoms with Crippen molar-refractivity contribution in [2.45, 2.75) is 45.6 Å². The first-order valence-corrected chi connectivity index (χ1v) is 9.25. The maximum absolute atomic E-state index is 13.5. The number of hydrogen-bond donors (Lipinski definition) is 1. The summed E-state index contributed by atoms with van der Waals surface area (Å²) < 4.78 is 79.1. The van der Waals surface area contributed by atoms with Crippen LogP contribution in [-0.2, 0) is 23.7 Å². The molecule has 0 atom stereocenters.